The number of aromatic nitrogens is 3. The predicted molar refractivity (Wildman–Crippen MR) is 215 cm³/mol. The molecule has 238 valence electrons. The van der Waals surface area contributed by atoms with E-state index in [4.69, 9.17) is 0 Å². The second-order valence-corrected chi connectivity index (χ2v) is 13.4. The van der Waals surface area contributed by atoms with Crippen molar-refractivity contribution in [1.29, 1.82) is 0 Å². The molecule has 11 aromatic rings. The van der Waals surface area contributed by atoms with Crippen molar-refractivity contribution in [3.05, 3.63) is 188 Å². The minimum absolute atomic E-state index is 1.14. The Hall–Kier alpha value is -6.84. The lowest BCUT2D eigenvalue weighted by molar-refractivity contribution is 1.16. The largest absolute Gasteiger partial charge is 0.309 e. The Kier molecular flexibility index (Phi) is 5.96. The van der Waals surface area contributed by atoms with Crippen LogP contribution in [0.4, 0.5) is 0 Å². The van der Waals surface area contributed by atoms with Crippen LogP contribution in [0.25, 0.3) is 93.6 Å². The molecule has 0 spiro atoms. The second-order valence-electron chi connectivity index (χ2n) is 13.4. The molecule has 0 amide bonds. The van der Waals surface area contributed by atoms with Gasteiger partial charge in [-0.05, 0) is 83.9 Å². The number of nitrogens with zero attached hydrogens (tertiary/aromatic N) is 3. The first kappa shape index (κ1) is 28.0. The summed E-state index contributed by atoms with van der Waals surface area (Å²) in [6.07, 6.45) is 0. The summed E-state index contributed by atoms with van der Waals surface area (Å²) in [7, 11) is 0. The summed E-state index contributed by atoms with van der Waals surface area (Å²) < 4.78 is 7.22. The van der Waals surface area contributed by atoms with E-state index in [1.165, 1.54) is 87.9 Å². The number of fused-ring (bicyclic) bond motifs is 9. The first-order valence-corrected chi connectivity index (χ1v) is 17.5. The molecule has 3 heterocycles. The second kappa shape index (κ2) is 10.8. The molecule has 11 rings (SSSR count). The third-order valence-electron chi connectivity index (χ3n) is 10.6. The molecule has 3 nitrogen and oxygen atoms in total. The van der Waals surface area contributed by atoms with Crippen LogP contribution in [0, 0.1) is 0 Å². The van der Waals surface area contributed by atoms with Crippen molar-refractivity contribution in [2.24, 2.45) is 0 Å². The lowest BCUT2D eigenvalue weighted by Crippen LogP contribution is -1.96. The Morgan fingerprint density at radius 2 is 0.588 bits per heavy atom. The van der Waals surface area contributed by atoms with E-state index in [1.54, 1.807) is 0 Å². The minimum atomic E-state index is 1.14. The number of hydrogen-bond donors (Lipinski definition) is 0. The lowest BCUT2D eigenvalue weighted by Gasteiger charge is -2.11. The van der Waals surface area contributed by atoms with Gasteiger partial charge in [-0.15, -0.1) is 0 Å². The molecule has 51 heavy (non-hydrogen) atoms. The maximum Gasteiger partial charge on any atom is 0.0562 e. The van der Waals surface area contributed by atoms with Crippen LogP contribution in [0.2, 0.25) is 0 Å². The standard InChI is InChI=1S/C48H31N3/c1-3-13-34(14-4-1)49-43-20-10-7-17-37(43)40-28-25-33(29-46(40)49)32-23-26-36(27-24-32)51-45-22-12-9-19-39(45)42-30-41-38-18-8-11-21-44(38)50(47(41)31-48(42)51)35-15-5-2-6-16-35/h1-31H. The fourth-order valence-electron chi connectivity index (χ4n) is 8.37. The summed E-state index contributed by atoms with van der Waals surface area (Å²) in [5.74, 6) is 0. The highest BCUT2D eigenvalue weighted by Gasteiger charge is 2.19. The van der Waals surface area contributed by atoms with Gasteiger partial charge in [0.2, 0.25) is 0 Å². The maximum atomic E-state index is 2.43. The van der Waals surface area contributed by atoms with E-state index in [2.05, 4.69) is 202 Å². The average molecular weight is 650 g/mol. The smallest absolute Gasteiger partial charge is 0.0562 e. The normalized spacial score (nSPS) is 11.9. The molecule has 0 saturated carbocycles. The quantitative estimate of drug-likeness (QED) is 0.180. The van der Waals surface area contributed by atoms with Crippen molar-refractivity contribution in [2.45, 2.75) is 0 Å². The van der Waals surface area contributed by atoms with E-state index in [0.29, 0.717) is 0 Å². The fraction of sp³-hybridized carbons (Fsp3) is 0. The van der Waals surface area contributed by atoms with Gasteiger partial charge in [-0.25, -0.2) is 0 Å². The van der Waals surface area contributed by atoms with Gasteiger partial charge >= 0.3 is 0 Å². The van der Waals surface area contributed by atoms with Gasteiger partial charge in [-0.3, -0.25) is 0 Å². The van der Waals surface area contributed by atoms with Crippen LogP contribution in [-0.4, -0.2) is 13.7 Å². The van der Waals surface area contributed by atoms with Crippen molar-refractivity contribution in [1.82, 2.24) is 13.7 Å². The van der Waals surface area contributed by atoms with Crippen LogP contribution in [0.3, 0.4) is 0 Å². The van der Waals surface area contributed by atoms with Crippen LogP contribution in [0.1, 0.15) is 0 Å². The predicted octanol–water partition coefficient (Wildman–Crippen LogP) is 12.6. The third kappa shape index (κ3) is 4.12. The molecule has 0 aliphatic carbocycles. The molecule has 0 aliphatic rings. The van der Waals surface area contributed by atoms with Crippen molar-refractivity contribution in [3.63, 3.8) is 0 Å². The van der Waals surface area contributed by atoms with Crippen molar-refractivity contribution in [2.75, 3.05) is 0 Å². The van der Waals surface area contributed by atoms with E-state index >= 15 is 0 Å². The molecule has 8 aromatic carbocycles. The Labute approximate surface area is 294 Å². The van der Waals surface area contributed by atoms with E-state index in [1.807, 2.05) is 0 Å². The molecule has 0 unspecified atom stereocenters. The molecule has 0 fully saturated rings. The Morgan fingerprint density at radius 1 is 0.216 bits per heavy atom. The van der Waals surface area contributed by atoms with Crippen LogP contribution < -0.4 is 0 Å². The molecular weight excluding hydrogens is 619 g/mol. The third-order valence-corrected chi connectivity index (χ3v) is 10.6. The Balaban J connectivity index is 1.10. The van der Waals surface area contributed by atoms with E-state index < -0.39 is 0 Å². The zero-order valence-electron chi connectivity index (χ0n) is 27.7. The van der Waals surface area contributed by atoms with Gasteiger partial charge in [0.05, 0.1) is 33.1 Å². The van der Waals surface area contributed by atoms with E-state index in [-0.39, 0.29) is 0 Å². The number of benzene rings is 8. The minimum Gasteiger partial charge on any atom is -0.309 e. The molecule has 0 atom stereocenters. The highest BCUT2D eigenvalue weighted by Crippen LogP contribution is 2.40. The van der Waals surface area contributed by atoms with Gasteiger partial charge < -0.3 is 13.7 Å². The zero-order chi connectivity index (χ0) is 33.5. The summed E-state index contributed by atoms with van der Waals surface area (Å²) in [5.41, 5.74) is 13.1. The topological polar surface area (TPSA) is 14.8 Å². The number of rotatable bonds is 4. The SMILES string of the molecule is c1ccc(-n2c3ccccc3c3ccc(-c4ccc(-n5c6ccccc6c6cc7c8ccccc8n(-c8ccccc8)c7cc65)cc4)cc32)cc1. The van der Waals surface area contributed by atoms with Crippen molar-refractivity contribution < 1.29 is 0 Å². The molecular formula is C48H31N3. The molecule has 3 heteroatoms. The van der Waals surface area contributed by atoms with Crippen LogP contribution in [0.15, 0.2) is 188 Å². The summed E-state index contributed by atoms with van der Waals surface area (Å²) in [5, 5.41) is 7.59. The zero-order valence-corrected chi connectivity index (χ0v) is 27.7. The van der Waals surface area contributed by atoms with E-state index in [9.17, 15) is 0 Å². The summed E-state index contributed by atoms with van der Waals surface area (Å²) in [4.78, 5) is 0. The van der Waals surface area contributed by atoms with E-state index in [0.717, 1.165) is 5.69 Å². The number of para-hydroxylation sites is 5. The van der Waals surface area contributed by atoms with Crippen molar-refractivity contribution in [3.8, 4) is 28.2 Å². The van der Waals surface area contributed by atoms with Gasteiger partial charge in [0, 0.05) is 49.4 Å². The van der Waals surface area contributed by atoms with Gasteiger partial charge in [-0.2, -0.15) is 0 Å². The first-order valence-electron chi connectivity index (χ1n) is 17.5. The summed E-state index contributed by atoms with van der Waals surface area (Å²) >= 11 is 0. The van der Waals surface area contributed by atoms with Gasteiger partial charge in [-0.1, -0.05) is 115 Å². The highest BCUT2D eigenvalue weighted by molar-refractivity contribution is 6.19. The van der Waals surface area contributed by atoms with Gasteiger partial charge in [0.15, 0.2) is 0 Å². The van der Waals surface area contributed by atoms with Gasteiger partial charge in [0.1, 0.15) is 0 Å². The highest BCUT2D eigenvalue weighted by atomic mass is 15.0. The summed E-state index contributed by atoms with van der Waals surface area (Å²) in [6, 6.07) is 68.4. The van der Waals surface area contributed by atoms with Gasteiger partial charge in [0.25, 0.3) is 0 Å². The Bertz CT molecular complexity index is 3110. The molecule has 3 aromatic heterocycles. The van der Waals surface area contributed by atoms with Crippen LogP contribution >= 0.6 is 0 Å². The lowest BCUT2D eigenvalue weighted by atomic mass is 10.0. The Morgan fingerprint density at radius 3 is 1.10 bits per heavy atom. The van der Waals surface area contributed by atoms with Crippen LogP contribution in [-0.2, 0) is 0 Å². The monoisotopic (exact) mass is 649 g/mol. The van der Waals surface area contributed by atoms with Crippen molar-refractivity contribution >= 4 is 65.4 Å². The number of hydrogen-bond acceptors (Lipinski definition) is 0. The maximum absolute atomic E-state index is 2.43. The fourth-order valence-corrected chi connectivity index (χ4v) is 8.37. The molecule has 0 saturated heterocycles. The molecule has 0 bridgehead atoms. The molecule has 0 N–H and O–H groups in total. The van der Waals surface area contributed by atoms with Crippen LogP contribution in [0.5, 0.6) is 0 Å². The first-order chi connectivity index (χ1) is 25.3. The summed E-state index contributed by atoms with van der Waals surface area (Å²) in [6.45, 7) is 0. The molecule has 0 aliphatic heterocycles. The molecule has 0 radical (unpaired) electrons. The average Bonchev–Trinajstić information content (AvgIpc) is 3.83.